The van der Waals surface area contributed by atoms with Crippen LogP contribution in [0.25, 0.3) is 0 Å². The van der Waals surface area contributed by atoms with Crippen LogP contribution in [0.15, 0.2) is 44.2 Å². The van der Waals surface area contributed by atoms with Crippen molar-refractivity contribution in [2.24, 2.45) is 0 Å². The fourth-order valence-corrected chi connectivity index (χ4v) is 29.1. The largest absolute Gasteiger partial charge is 1.00 e. The molecule has 0 aromatic carbocycles. The van der Waals surface area contributed by atoms with E-state index in [0.29, 0.717) is 0 Å². The van der Waals surface area contributed by atoms with E-state index in [0.717, 1.165) is 7.35 Å². The molecule has 0 amide bonds. The average molecular weight is 804 g/mol. The Hall–Kier alpha value is 0.661. The number of rotatable bonds is 4. The summed E-state index contributed by atoms with van der Waals surface area (Å²) in [5, 5.41) is 4.14. The number of hydrogen-bond acceptors (Lipinski definition) is 2. The minimum atomic E-state index is -1.95. The fourth-order valence-electron chi connectivity index (χ4n) is 6.97. The van der Waals surface area contributed by atoms with Crippen LogP contribution in [0, 0.1) is 0 Å². The minimum Gasteiger partial charge on any atom is -1.00 e. The van der Waals surface area contributed by atoms with Crippen LogP contribution in [0.5, 0.6) is 0 Å². The standard InChI is InChI=1S/C32H54O2Si3.2ClH.Hf/c1-31(2,3)36(9,10)33-29-25-19-15-13-17-23(25)21-27(29)35(7,8)28-22-24-18-14-16-20-26(24)30(28)34-37(11,12)32(4,5)6;;;/h21-22H,13-20H2,1-12H3;2*1H;/q;;;+2/p-2. The van der Waals surface area contributed by atoms with Crippen molar-refractivity contribution in [2.75, 3.05) is 0 Å². The Morgan fingerprint density at radius 2 is 0.950 bits per heavy atom. The summed E-state index contributed by atoms with van der Waals surface area (Å²) >= 11 is -1.07. The molecule has 2 nitrogen and oxygen atoms in total. The molecule has 4 aliphatic carbocycles. The molecule has 2 atom stereocenters. The monoisotopic (exact) mass is 804 g/mol. The van der Waals surface area contributed by atoms with E-state index in [2.05, 4.69) is 80.8 Å². The summed E-state index contributed by atoms with van der Waals surface area (Å²) < 4.78 is 16.6. The first kappa shape index (κ1) is 35.1. The third kappa shape index (κ3) is 5.63. The van der Waals surface area contributed by atoms with Crippen LogP contribution in [0.2, 0.25) is 56.7 Å². The van der Waals surface area contributed by atoms with E-state index >= 15 is 0 Å². The third-order valence-electron chi connectivity index (χ3n) is 11.3. The molecule has 1 aliphatic heterocycles. The summed E-state index contributed by atoms with van der Waals surface area (Å²) in [5.41, 5.74) is 7.14. The molecule has 0 spiro atoms. The molecule has 1 saturated heterocycles. The number of fused-ring (bicyclic) bond motifs is 4. The zero-order chi connectivity index (χ0) is 28.1. The van der Waals surface area contributed by atoms with Crippen LogP contribution < -0.4 is 24.8 Å². The van der Waals surface area contributed by atoms with Crippen molar-refractivity contribution in [3.63, 3.8) is 0 Å². The maximum Gasteiger partial charge on any atom is -1.00 e. The summed E-state index contributed by atoms with van der Waals surface area (Å²) in [6.45, 7) is 29.8. The van der Waals surface area contributed by atoms with Gasteiger partial charge in [0.05, 0.1) is 0 Å². The van der Waals surface area contributed by atoms with Crippen LogP contribution >= 0.6 is 0 Å². The summed E-state index contributed by atoms with van der Waals surface area (Å²) in [7, 11) is -5.81. The van der Waals surface area contributed by atoms with Crippen LogP contribution in [0.1, 0.15) is 92.9 Å². The van der Waals surface area contributed by atoms with Crippen molar-refractivity contribution in [1.29, 1.82) is 0 Å². The summed E-state index contributed by atoms with van der Waals surface area (Å²) in [6.07, 6.45) is 10.7. The Morgan fingerprint density at radius 1 is 0.625 bits per heavy atom. The van der Waals surface area contributed by atoms with Gasteiger partial charge in [0, 0.05) is 0 Å². The van der Waals surface area contributed by atoms with Gasteiger partial charge < -0.3 is 24.8 Å². The molecule has 5 rings (SSSR count). The van der Waals surface area contributed by atoms with E-state index in [1.807, 2.05) is 21.5 Å². The van der Waals surface area contributed by atoms with Gasteiger partial charge in [-0.05, 0) is 0 Å². The molecule has 5 aliphatic rings. The van der Waals surface area contributed by atoms with Gasteiger partial charge in [-0.25, -0.2) is 0 Å². The van der Waals surface area contributed by atoms with Gasteiger partial charge >= 0.3 is 250 Å². The van der Waals surface area contributed by atoms with Gasteiger partial charge in [-0.3, -0.25) is 0 Å². The number of allylic oxidation sites excluding steroid dienone is 6. The van der Waals surface area contributed by atoms with Gasteiger partial charge in [-0.15, -0.1) is 0 Å². The Bertz CT molecular complexity index is 1080. The van der Waals surface area contributed by atoms with Crippen LogP contribution in [0.3, 0.4) is 0 Å². The van der Waals surface area contributed by atoms with E-state index < -0.39 is 47.6 Å². The predicted octanol–water partition coefficient (Wildman–Crippen LogP) is 4.77. The van der Waals surface area contributed by atoms with Gasteiger partial charge in [0.25, 0.3) is 0 Å². The second kappa shape index (κ2) is 11.5. The molecule has 0 N–H and O–H groups in total. The molecule has 0 aromatic rings. The van der Waals surface area contributed by atoms with Crippen LogP contribution in [0.4, 0.5) is 0 Å². The van der Waals surface area contributed by atoms with E-state index in [4.69, 9.17) is 8.85 Å². The van der Waals surface area contributed by atoms with Gasteiger partial charge in [-0.2, -0.15) is 0 Å². The molecule has 1 fully saturated rings. The van der Waals surface area contributed by atoms with Crippen molar-refractivity contribution in [1.82, 2.24) is 0 Å². The molecule has 0 aromatic heterocycles. The van der Waals surface area contributed by atoms with E-state index in [9.17, 15) is 0 Å². The Balaban J connectivity index is 0.00000220. The van der Waals surface area contributed by atoms with Crippen molar-refractivity contribution >= 4 is 24.7 Å². The minimum absolute atomic E-state index is 0. The van der Waals surface area contributed by atoms with Gasteiger partial charge in [0.1, 0.15) is 0 Å². The molecule has 8 heteroatoms. The first-order chi connectivity index (χ1) is 17.4. The molecule has 0 radical (unpaired) electrons. The van der Waals surface area contributed by atoms with Crippen molar-refractivity contribution in [3.05, 3.63) is 44.2 Å². The second-order valence-electron chi connectivity index (χ2n) is 16.3. The summed E-state index contributed by atoms with van der Waals surface area (Å²) in [5.74, 6) is 2.89. The maximum absolute atomic E-state index is 7.45. The number of hydrogen-bond donors (Lipinski definition) is 0. The Labute approximate surface area is 273 Å². The van der Waals surface area contributed by atoms with Crippen molar-refractivity contribution in [2.45, 2.75) is 150 Å². The SMILES string of the molecule is CC(C)(C)[Si](C)(C)OC1=C2[C@H]([Hf+2][C@H]3C4=C(CCCC4)C(O[Si](C)(C)C(C)(C)C)=C3[Si]2(C)C)C2=C1CCCC2.[Cl-].[Cl-]. The first-order valence-electron chi connectivity index (χ1n) is 15.5. The predicted molar refractivity (Wildman–Crippen MR) is 167 cm³/mol. The topological polar surface area (TPSA) is 18.5 Å². The normalized spacial score (nSPS) is 26.1. The van der Waals surface area contributed by atoms with Gasteiger partial charge in [0.2, 0.25) is 0 Å². The second-order valence-corrected chi connectivity index (χ2v) is 35.4. The molecular formula is C32H54Cl2HfO2Si3. The molecular weight excluding hydrogens is 750 g/mol. The molecule has 0 bridgehead atoms. The van der Waals surface area contributed by atoms with E-state index in [1.54, 1.807) is 11.1 Å². The van der Waals surface area contributed by atoms with E-state index in [-0.39, 0.29) is 34.9 Å². The zero-order valence-electron chi connectivity index (χ0n) is 27.4. The Kier molecular flexibility index (Phi) is 10.1. The van der Waals surface area contributed by atoms with Crippen molar-refractivity contribution < 1.29 is 56.6 Å². The molecule has 40 heavy (non-hydrogen) atoms. The fraction of sp³-hybridized carbons (Fsp3) is 0.750. The smallest absolute Gasteiger partial charge is 1.00 e. The molecule has 0 unspecified atom stereocenters. The quantitative estimate of drug-likeness (QED) is 0.382. The van der Waals surface area contributed by atoms with E-state index in [1.165, 1.54) is 62.9 Å². The number of halogens is 2. The van der Waals surface area contributed by atoms with Crippen molar-refractivity contribution in [3.8, 4) is 0 Å². The Morgan fingerprint density at radius 3 is 1.27 bits per heavy atom. The summed E-state index contributed by atoms with van der Waals surface area (Å²) in [4.78, 5) is 0. The zero-order valence-corrected chi connectivity index (χ0v) is 35.5. The van der Waals surface area contributed by atoms with Gasteiger partial charge in [-0.1, -0.05) is 0 Å². The first-order valence-corrected chi connectivity index (χ1v) is 28.4. The average Bonchev–Trinajstić information content (AvgIpc) is 3.27. The maximum atomic E-state index is 7.45. The third-order valence-corrected chi connectivity index (χ3v) is 32.8. The van der Waals surface area contributed by atoms with Crippen LogP contribution in [-0.4, -0.2) is 24.7 Å². The molecule has 224 valence electrons. The summed E-state index contributed by atoms with van der Waals surface area (Å²) in [6, 6.07) is 0. The van der Waals surface area contributed by atoms with Gasteiger partial charge in [0.15, 0.2) is 0 Å². The molecule has 1 heterocycles. The molecule has 0 saturated carbocycles. The van der Waals surface area contributed by atoms with Crippen LogP contribution in [-0.2, 0) is 31.8 Å².